The summed E-state index contributed by atoms with van der Waals surface area (Å²) in [6.45, 7) is 6.35. The van der Waals surface area contributed by atoms with Crippen LogP contribution in [0.5, 0.6) is 0 Å². The Morgan fingerprint density at radius 2 is 1.75 bits per heavy atom. The first-order chi connectivity index (χ1) is 5.49. The van der Waals surface area contributed by atoms with Crippen molar-refractivity contribution >= 4 is 0 Å². The van der Waals surface area contributed by atoms with Crippen molar-refractivity contribution in [2.75, 3.05) is 34.3 Å². The van der Waals surface area contributed by atoms with Gasteiger partial charge in [0.2, 0.25) is 0 Å². The number of hydrogen-bond donors (Lipinski definition) is 0. The molecule has 0 heterocycles. The molecule has 0 bridgehead atoms. The van der Waals surface area contributed by atoms with E-state index in [-0.39, 0.29) is 0 Å². The van der Waals surface area contributed by atoms with Gasteiger partial charge < -0.3 is 9.22 Å². The molecule has 0 N–H and O–H groups in total. The average Bonchev–Trinajstić information content (AvgIpc) is 1.95. The Kier molecular flexibility index (Phi) is 5.51. The number of nitrogens with zero attached hydrogens (tertiary/aromatic N) is 1. The van der Waals surface area contributed by atoms with Gasteiger partial charge in [-0.2, -0.15) is 0 Å². The second-order valence-corrected chi connectivity index (χ2v) is 4.37. The Balaban J connectivity index is 3.67. The van der Waals surface area contributed by atoms with Crippen molar-refractivity contribution in [2.24, 2.45) is 0 Å². The molecule has 0 amide bonds. The van der Waals surface area contributed by atoms with E-state index in [1.54, 1.807) is 0 Å². The topological polar surface area (TPSA) is 9.23 Å². The SMILES string of the molecule is CCCOC(CC)C[N+](C)(C)C. The molecule has 0 aromatic carbocycles. The Bertz CT molecular complexity index is 107. The third-order valence-electron chi connectivity index (χ3n) is 1.76. The van der Waals surface area contributed by atoms with E-state index in [0.29, 0.717) is 6.10 Å². The molecular formula is C10H24NO+. The van der Waals surface area contributed by atoms with Crippen molar-refractivity contribution in [1.29, 1.82) is 0 Å². The van der Waals surface area contributed by atoms with Crippen LogP contribution in [0.3, 0.4) is 0 Å². The standard InChI is InChI=1S/C10H24NO/c1-6-8-12-10(7-2)9-11(3,4)5/h10H,6-9H2,1-5H3/q+1. The molecule has 0 radical (unpaired) electrons. The second-order valence-electron chi connectivity index (χ2n) is 4.37. The molecule has 2 nitrogen and oxygen atoms in total. The molecule has 0 saturated heterocycles. The zero-order chi connectivity index (χ0) is 9.61. The maximum atomic E-state index is 5.70. The van der Waals surface area contributed by atoms with E-state index >= 15 is 0 Å². The van der Waals surface area contributed by atoms with Crippen molar-refractivity contribution in [3.63, 3.8) is 0 Å². The zero-order valence-corrected chi connectivity index (χ0v) is 9.26. The number of rotatable bonds is 6. The van der Waals surface area contributed by atoms with Crippen LogP contribution in [-0.2, 0) is 4.74 Å². The van der Waals surface area contributed by atoms with Gasteiger partial charge in [0.25, 0.3) is 0 Å². The van der Waals surface area contributed by atoms with Crippen molar-refractivity contribution in [1.82, 2.24) is 0 Å². The van der Waals surface area contributed by atoms with Gasteiger partial charge in [0, 0.05) is 6.61 Å². The minimum atomic E-state index is 0.435. The first kappa shape index (κ1) is 11.9. The fourth-order valence-corrected chi connectivity index (χ4v) is 1.20. The molecule has 0 fully saturated rings. The van der Waals surface area contributed by atoms with Crippen LogP contribution in [0.4, 0.5) is 0 Å². The largest absolute Gasteiger partial charge is 0.372 e. The minimum Gasteiger partial charge on any atom is -0.372 e. The third kappa shape index (κ3) is 6.62. The van der Waals surface area contributed by atoms with Crippen molar-refractivity contribution < 1.29 is 9.22 Å². The summed E-state index contributed by atoms with van der Waals surface area (Å²) in [5, 5.41) is 0. The van der Waals surface area contributed by atoms with Gasteiger partial charge in [0.1, 0.15) is 12.6 Å². The van der Waals surface area contributed by atoms with E-state index in [0.717, 1.165) is 30.5 Å². The lowest BCUT2D eigenvalue weighted by Gasteiger charge is -2.28. The molecule has 1 atom stereocenters. The molecule has 0 aliphatic carbocycles. The smallest absolute Gasteiger partial charge is 0.106 e. The third-order valence-corrected chi connectivity index (χ3v) is 1.76. The number of ether oxygens (including phenoxy) is 1. The Morgan fingerprint density at radius 3 is 2.08 bits per heavy atom. The lowest BCUT2D eigenvalue weighted by Crippen LogP contribution is -2.42. The quantitative estimate of drug-likeness (QED) is 0.559. The summed E-state index contributed by atoms with van der Waals surface area (Å²) in [4.78, 5) is 0. The Labute approximate surface area is 77.1 Å². The van der Waals surface area contributed by atoms with Gasteiger partial charge in [-0.25, -0.2) is 0 Å². The number of quaternary nitrogens is 1. The van der Waals surface area contributed by atoms with Crippen LogP contribution in [-0.4, -0.2) is 44.9 Å². The van der Waals surface area contributed by atoms with E-state index in [1.807, 2.05) is 0 Å². The summed E-state index contributed by atoms with van der Waals surface area (Å²) in [5.41, 5.74) is 0. The summed E-state index contributed by atoms with van der Waals surface area (Å²) >= 11 is 0. The summed E-state index contributed by atoms with van der Waals surface area (Å²) < 4.78 is 6.69. The maximum Gasteiger partial charge on any atom is 0.106 e. The van der Waals surface area contributed by atoms with Crippen LogP contribution in [0, 0.1) is 0 Å². The lowest BCUT2D eigenvalue weighted by molar-refractivity contribution is -0.873. The molecule has 2 heteroatoms. The van der Waals surface area contributed by atoms with Crippen molar-refractivity contribution in [3.05, 3.63) is 0 Å². The lowest BCUT2D eigenvalue weighted by atomic mass is 10.2. The van der Waals surface area contributed by atoms with Crippen LogP contribution in [0.15, 0.2) is 0 Å². The first-order valence-electron chi connectivity index (χ1n) is 4.91. The summed E-state index contributed by atoms with van der Waals surface area (Å²) in [5.74, 6) is 0. The van der Waals surface area contributed by atoms with E-state index in [2.05, 4.69) is 35.0 Å². The highest BCUT2D eigenvalue weighted by molar-refractivity contribution is 4.52. The Hall–Kier alpha value is -0.0800. The molecule has 1 unspecified atom stereocenters. The van der Waals surface area contributed by atoms with Crippen LogP contribution < -0.4 is 0 Å². The predicted molar refractivity (Wildman–Crippen MR) is 53.2 cm³/mol. The fraction of sp³-hybridized carbons (Fsp3) is 1.00. The molecule has 0 aromatic heterocycles. The van der Waals surface area contributed by atoms with E-state index in [1.165, 1.54) is 0 Å². The molecule has 0 rings (SSSR count). The van der Waals surface area contributed by atoms with Crippen LogP contribution in [0.2, 0.25) is 0 Å². The highest BCUT2D eigenvalue weighted by Crippen LogP contribution is 2.04. The monoisotopic (exact) mass is 174 g/mol. The summed E-state index contributed by atoms with van der Waals surface area (Å²) in [6.07, 6.45) is 2.67. The molecule has 0 aromatic rings. The van der Waals surface area contributed by atoms with Crippen molar-refractivity contribution in [2.45, 2.75) is 32.8 Å². The van der Waals surface area contributed by atoms with E-state index < -0.39 is 0 Å². The fourth-order valence-electron chi connectivity index (χ4n) is 1.20. The normalized spacial score (nSPS) is 14.8. The second kappa shape index (κ2) is 5.55. The Morgan fingerprint density at radius 1 is 1.17 bits per heavy atom. The molecule has 0 saturated carbocycles. The van der Waals surface area contributed by atoms with Crippen LogP contribution >= 0.6 is 0 Å². The maximum absolute atomic E-state index is 5.70. The van der Waals surface area contributed by atoms with Crippen LogP contribution in [0.1, 0.15) is 26.7 Å². The van der Waals surface area contributed by atoms with Gasteiger partial charge in [-0.05, 0) is 12.8 Å². The predicted octanol–water partition coefficient (Wildman–Crippen LogP) is 1.90. The molecule has 12 heavy (non-hydrogen) atoms. The van der Waals surface area contributed by atoms with Gasteiger partial charge >= 0.3 is 0 Å². The molecular weight excluding hydrogens is 150 g/mol. The molecule has 0 spiro atoms. The van der Waals surface area contributed by atoms with Gasteiger partial charge in [0.15, 0.2) is 0 Å². The van der Waals surface area contributed by atoms with E-state index in [4.69, 9.17) is 4.74 Å². The summed E-state index contributed by atoms with van der Waals surface area (Å²) in [7, 11) is 6.62. The van der Waals surface area contributed by atoms with E-state index in [9.17, 15) is 0 Å². The number of likely N-dealkylation sites (N-methyl/N-ethyl adjacent to an activating group) is 1. The first-order valence-corrected chi connectivity index (χ1v) is 4.91. The molecule has 74 valence electrons. The van der Waals surface area contributed by atoms with Gasteiger partial charge in [-0.1, -0.05) is 13.8 Å². The molecule has 0 aliphatic rings. The highest BCUT2D eigenvalue weighted by Gasteiger charge is 2.16. The van der Waals surface area contributed by atoms with Gasteiger partial charge in [-0.15, -0.1) is 0 Å². The van der Waals surface area contributed by atoms with Gasteiger partial charge in [0.05, 0.1) is 21.1 Å². The van der Waals surface area contributed by atoms with Gasteiger partial charge in [-0.3, -0.25) is 0 Å². The van der Waals surface area contributed by atoms with Crippen LogP contribution in [0.25, 0.3) is 0 Å². The number of hydrogen-bond acceptors (Lipinski definition) is 1. The molecule has 0 aliphatic heterocycles. The minimum absolute atomic E-state index is 0.435. The summed E-state index contributed by atoms with van der Waals surface area (Å²) in [6, 6.07) is 0. The zero-order valence-electron chi connectivity index (χ0n) is 9.26. The van der Waals surface area contributed by atoms with Crippen molar-refractivity contribution in [3.8, 4) is 0 Å². The highest BCUT2D eigenvalue weighted by atomic mass is 16.5. The average molecular weight is 174 g/mol.